The van der Waals surface area contributed by atoms with E-state index in [1.807, 2.05) is 0 Å². The summed E-state index contributed by atoms with van der Waals surface area (Å²) in [6.07, 6.45) is 6.03. The van der Waals surface area contributed by atoms with Gasteiger partial charge in [-0.15, -0.1) is 0 Å². The molecule has 0 spiro atoms. The molecule has 4 heteroatoms. The van der Waals surface area contributed by atoms with E-state index in [1.165, 1.54) is 19.3 Å². The fraction of sp³-hybridized carbons (Fsp3) is 0.917. The van der Waals surface area contributed by atoms with E-state index in [-0.39, 0.29) is 11.9 Å². The molecule has 2 saturated carbocycles. The fourth-order valence-corrected chi connectivity index (χ4v) is 4.40. The van der Waals surface area contributed by atoms with Crippen LogP contribution >= 0.6 is 0 Å². The highest BCUT2D eigenvalue weighted by atomic mass is 32.2. The molecule has 0 aromatic carbocycles. The average molecular weight is 241 g/mol. The van der Waals surface area contributed by atoms with Crippen LogP contribution in [0.25, 0.3) is 0 Å². The van der Waals surface area contributed by atoms with Crippen LogP contribution in [-0.2, 0) is 15.6 Å². The minimum Gasteiger partial charge on any atom is -0.352 e. The largest absolute Gasteiger partial charge is 0.352 e. The highest BCUT2D eigenvalue weighted by molar-refractivity contribution is 7.85. The molecule has 3 rings (SSSR count). The van der Waals surface area contributed by atoms with E-state index in [0.717, 1.165) is 24.5 Å². The molecule has 0 bridgehead atoms. The first-order valence-electron chi connectivity index (χ1n) is 6.39. The lowest BCUT2D eigenvalue weighted by Crippen LogP contribution is -2.37. The van der Waals surface area contributed by atoms with Gasteiger partial charge in [0.25, 0.3) is 0 Å². The van der Waals surface area contributed by atoms with Gasteiger partial charge in [0.1, 0.15) is 0 Å². The summed E-state index contributed by atoms with van der Waals surface area (Å²) in [5, 5.41) is 3.07. The van der Waals surface area contributed by atoms with Crippen molar-refractivity contribution in [2.45, 2.75) is 38.1 Å². The molecule has 1 N–H and O–H groups in total. The molecule has 4 atom stereocenters. The zero-order valence-electron chi connectivity index (χ0n) is 9.48. The Kier molecular flexibility index (Phi) is 2.78. The zero-order chi connectivity index (χ0) is 11.1. The highest BCUT2D eigenvalue weighted by Gasteiger charge is 2.49. The second kappa shape index (κ2) is 4.13. The van der Waals surface area contributed by atoms with E-state index in [2.05, 4.69) is 5.32 Å². The Morgan fingerprint density at radius 2 is 2.06 bits per heavy atom. The molecule has 0 aromatic rings. The molecule has 1 heterocycles. The van der Waals surface area contributed by atoms with Gasteiger partial charge in [-0.05, 0) is 24.7 Å². The summed E-state index contributed by atoms with van der Waals surface area (Å²) in [5.74, 6) is 3.49. The number of amides is 1. The molecule has 0 radical (unpaired) electrons. The second-order valence-corrected chi connectivity index (χ2v) is 7.12. The van der Waals surface area contributed by atoms with Gasteiger partial charge in [0.05, 0.1) is 0 Å². The molecule has 16 heavy (non-hydrogen) atoms. The van der Waals surface area contributed by atoms with Crippen molar-refractivity contribution in [2.24, 2.45) is 17.8 Å². The van der Waals surface area contributed by atoms with Gasteiger partial charge in [-0.2, -0.15) is 0 Å². The van der Waals surface area contributed by atoms with Crippen LogP contribution in [0.5, 0.6) is 0 Å². The van der Waals surface area contributed by atoms with E-state index in [4.69, 9.17) is 0 Å². The van der Waals surface area contributed by atoms with Gasteiger partial charge in [0.2, 0.25) is 5.91 Å². The van der Waals surface area contributed by atoms with Gasteiger partial charge in [-0.25, -0.2) is 0 Å². The van der Waals surface area contributed by atoms with E-state index in [1.54, 1.807) is 0 Å². The van der Waals surface area contributed by atoms with Gasteiger partial charge >= 0.3 is 0 Å². The second-order valence-electron chi connectivity index (χ2n) is 5.50. The molecule has 1 amide bonds. The summed E-state index contributed by atoms with van der Waals surface area (Å²) in [4.78, 5) is 11.9. The van der Waals surface area contributed by atoms with Crippen LogP contribution < -0.4 is 5.32 Å². The summed E-state index contributed by atoms with van der Waals surface area (Å²) in [6.45, 7) is 0. The smallest absolute Gasteiger partial charge is 0.223 e. The maximum Gasteiger partial charge on any atom is 0.223 e. The minimum atomic E-state index is -0.685. The molecule has 1 aliphatic heterocycles. The predicted octanol–water partition coefficient (Wildman–Crippen LogP) is 1.06. The lowest BCUT2D eigenvalue weighted by molar-refractivity contribution is -0.123. The lowest BCUT2D eigenvalue weighted by atomic mass is 9.81. The summed E-state index contributed by atoms with van der Waals surface area (Å²) in [5.41, 5.74) is 0. The molecule has 3 fully saturated rings. The van der Waals surface area contributed by atoms with Crippen molar-refractivity contribution in [1.29, 1.82) is 0 Å². The van der Waals surface area contributed by atoms with E-state index in [9.17, 15) is 9.00 Å². The SMILES string of the molecule is O=C(N[C@@H]1CC[S@](=O)C1)[C@H]1C[C@@H]1C1CCC1. The number of hydrogen-bond donors (Lipinski definition) is 1. The quantitative estimate of drug-likeness (QED) is 0.803. The fourth-order valence-electron chi connectivity index (χ4n) is 2.99. The third-order valence-corrected chi connectivity index (χ3v) is 5.82. The summed E-state index contributed by atoms with van der Waals surface area (Å²) >= 11 is 0. The number of nitrogens with one attached hydrogen (secondary N) is 1. The molecule has 0 unspecified atom stereocenters. The number of carbonyl (C=O) groups excluding carboxylic acids is 1. The molecule has 3 nitrogen and oxygen atoms in total. The third-order valence-electron chi connectivity index (χ3n) is 4.36. The van der Waals surface area contributed by atoms with E-state index >= 15 is 0 Å². The normalized spacial score (nSPS) is 42.8. The van der Waals surface area contributed by atoms with E-state index < -0.39 is 10.8 Å². The van der Waals surface area contributed by atoms with Crippen molar-refractivity contribution >= 4 is 16.7 Å². The average Bonchev–Trinajstić information content (AvgIpc) is 2.82. The molecule has 3 aliphatic rings. The van der Waals surface area contributed by atoms with Crippen molar-refractivity contribution in [2.75, 3.05) is 11.5 Å². The number of hydrogen-bond acceptors (Lipinski definition) is 2. The van der Waals surface area contributed by atoms with Gasteiger partial charge < -0.3 is 5.32 Å². The maximum absolute atomic E-state index is 11.9. The van der Waals surface area contributed by atoms with Crippen LogP contribution in [-0.4, -0.2) is 27.7 Å². The van der Waals surface area contributed by atoms with E-state index in [0.29, 0.717) is 17.6 Å². The van der Waals surface area contributed by atoms with Gasteiger partial charge in [0, 0.05) is 34.3 Å². The Morgan fingerprint density at radius 1 is 1.25 bits per heavy atom. The first-order valence-corrected chi connectivity index (χ1v) is 7.88. The van der Waals surface area contributed by atoms with Gasteiger partial charge in [-0.3, -0.25) is 9.00 Å². The summed E-state index contributed by atoms with van der Waals surface area (Å²) in [6, 6.07) is 0.191. The Labute approximate surface area is 98.8 Å². The molecule has 0 aromatic heterocycles. The first-order chi connectivity index (χ1) is 7.74. The van der Waals surface area contributed by atoms with Crippen molar-refractivity contribution in [3.63, 3.8) is 0 Å². The molecular formula is C12H19NO2S. The Morgan fingerprint density at radius 3 is 2.62 bits per heavy atom. The molecule has 90 valence electrons. The standard InChI is InChI=1S/C12H19NO2S/c14-12(13-9-4-5-16(15)7-9)11-6-10(11)8-2-1-3-8/h8-11H,1-7H2,(H,13,14)/t9-,10-,11+,16+/m1/s1. The monoisotopic (exact) mass is 241 g/mol. The van der Waals surface area contributed by atoms with Crippen molar-refractivity contribution in [3.05, 3.63) is 0 Å². The Balaban J connectivity index is 1.46. The number of carbonyl (C=O) groups is 1. The molecule has 1 saturated heterocycles. The van der Waals surface area contributed by atoms with Crippen LogP contribution in [0.2, 0.25) is 0 Å². The zero-order valence-corrected chi connectivity index (χ0v) is 10.3. The minimum absolute atomic E-state index is 0.191. The third kappa shape index (κ3) is 2.04. The van der Waals surface area contributed by atoms with Crippen molar-refractivity contribution in [3.8, 4) is 0 Å². The van der Waals surface area contributed by atoms with Crippen LogP contribution in [0.1, 0.15) is 32.1 Å². The van der Waals surface area contributed by atoms with Crippen LogP contribution in [0.4, 0.5) is 0 Å². The van der Waals surface area contributed by atoms with Crippen LogP contribution in [0.3, 0.4) is 0 Å². The Bertz CT molecular complexity index is 327. The van der Waals surface area contributed by atoms with Gasteiger partial charge in [-0.1, -0.05) is 19.3 Å². The van der Waals surface area contributed by atoms with Crippen molar-refractivity contribution < 1.29 is 9.00 Å². The van der Waals surface area contributed by atoms with Crippen molar-refractivity contribution in [1.82, 2.24) is 5.32 Å². The Hall–Kier alpha value is -0.380. The maximum atomic E-state index is 11.9. The van der Waals surface area contributed by atoms with Crippen LogP contribution in [0, 0.1) is 17.8 Å². The lowest BCUT2D eigenvalue weighted by Gasteiger charge is -2.25. The molecule has 2 aliphatic carbocycles. The van der Waals surface area contributed by atoms with Crippen LogP contribution in [0.15, 0.2) is 0 Å². The summed E-state index contributed by atoms with van der Waals surface area (Å²) in [7, 11) is -0.685. The van der Waals surface area contributed by atoms with Gasteiger partial charge in [0.15, 0.2) is 0 Å². The first kappa shape index (κ1) is 10.8. The predicted molar refractivity (Wildman–Crippen MR) is 63.4 cm³/mol. The topological polar surface area (TPSA) is 46.2 Å². The number of rotatable bonds is 3. The summed E-state index contributed by atoms with van der Waals surface area (Å²) < 4.78 is 11.2. The molecular weight excluding hydrogens is 222 g/mol. The highest BCUT2D eigenvalue weighted by Crippen LogP contribution is 2.51.